The van der Waals surface area contributed by atoms with Crippen molar-refractivity contribution in [2.24, 2.45) is 5.92 Å². The lowest BCUT2D eigenvalue weighted by Gasteiger charge is -2.39. The van der Waals surface area contributed by atoms with Gasteiger partial charge in [0.15, 0.2) is 5.13 Å². The second-order valence-electron chi connectivity index (χ2n) is 12.2. The molecular weight excluding hydrogens is 558 g/mol. The molecule has 224 valence electrons. The summed E-state index contributed by atoms with van der Waals surface area (Å²) in [4.78, 5) is 22.1. The van der Waals surface area contributed by atoms with Crippen LogP contribution in [0.15, 0.2) is 23.6 Å². The number of urea groups is 1. The minimum absolute atomic E-state index is 0.118. The molecule has 2 saturated heterocycles. The fraction of sp³-hybridized carbons (Fsp3) is 0.667. The average molecular weight is 602 g/mol. The molecule has 0 unspecified atom stereocenters. The summed E-state index contributed by atoms with van der Waals surface area (Å²) in [5.41, 5.74) is 3.16. The molecular formula is C30H43N5O4S2. The number of rotatable bonds is 8. The molecule has 2 amide bonds. The molecule has 4 fully saturated rings. The van der Waals surface area contributed by atoms with E-state index < -0.39 is 10.0 Å². The van der Waals surface area contributed by atoms with Gasteiger partial charge in [-0.05, 0) is 68.1 Å². The topological polar surface area (TPSA) is 95.1 Å². The Hall–Kier alpha value is -2.21. The fourth-order valence-corrected chi connectivity index (χ4v) is 9.38. The number of carbonyl (C=O) groups is 1. The second-order valence-corrected chi connectivity index (χ2v) is 15.2. The molecule has 1 N–H and O–H groups in total. The zero-order chi connectivity index (χ0) is 28.4. The Balaban J connectivity index is 1.01. The Labute approximate surface area is 248 Å². The first-order valence-electron chi connectivity index (χ1n) is 15.3. The number of nitrogens with zero attached hydrogens (tertiary/aromatic N) is 4. The summed E-state index contributed by atoms with van der Waals surface area (Å²) in [6, 6.07) is 6.34. The quantitative estimate of drug-likeness (QED) is 0.446. The van der Waals surface area contributed by atoms with Gasteiger partial charge >= 0.3 is 6.03 Å². The van der Waals surface area contributed by atoms with Gasteiger partial charge in [0, 0.05) is 56.8 Å². The Bertz CT molecular complexity index is 1310. The van der Waals surface area contributed by atoms with E-state index in [9.17, 15) is 13.2 Å². The molecule has 9 nitrogen and oxygen atoms in total. The van der Waals surface area contributed by atoms with E-state index >= 15 is 0 Å². The highest BCUT2D eigenvalue weighted by atomic mass is 32.2. The van der Waals surface area contributed by atoms with Crippen LogP contribution in [0.1, 0.15) is 69.3 Å². The molecule has 0 radical (unpaired) electrons. The van der Waals surface area contributed by atoms with Crippen LogP contribution in [0.3, 0.4) is 0 Å². The highest BCUT2D eigenvalue weighted by Gasteiger charge is 2.41. The number of carbonyl (C=O) groups excluding carboxylic acids is 1. The van der Waals surface area contributed by atoms with Crippen molar-refractivity contribution in [3.05, 3.63) is 29.1 Å². The summed E-state index contributed by atoms with van der Waals surface area (Å²) >= 11 is 1.44. The van der Waals surface area contributed by atoms with E-state index in [1.165, 1.54) is 49.0 Å². The van der Waals surface area contributed by atoms with Gasteiger partial charge in [-0.2, -0.15) is 0 Å². The zero-order valence-corrected chi connectivity index (χ0v) is 25.7. The normalized spacial score (nSPS) is 23.4. The van der Waals surface area contributed by atoms with E-state index in [2.05, 4.69) is 22.3 Å². The van der Waals surface area contributed by atoms with E-state index in [1.54, 1.807) is 11.4 Å². The molecule has 3 heterocycles. The maximum atomic E-state index is 13.1. The largest absolute Gasteiger partial charge is 0.496 e. The molecule has 0 spiro atoms. The molecule has 4 aliphatic rings. The molecule has 6 rings (SSSR count). The first-order valence-corrected chi connectivity index (χ1v) is 17.7. The van der Waals surface area contributed by atoms with E-state index in [4.69, 9.17) is 9.72 Å². The Kier molecular flexibility index (Phi) is 8.86. The van der Waals surface area contributed by atoms with Crippen molar-refractivity contribution in [3.8, 4) is 17.0 Å². The van der Waals surface area contributed by atoms with E-state index in [0.29, 0.717) is 43.1 Å². The summed E-state index contributed by atoms with van der Waals surface area (Å²) in [7, 11) is -1.41. The van der Waals surface area contributed by atoms with Gasteiger partial charge < -0.3 is 9.64 Å². The van der Waals surface area contributed by atoms with Crippen LogP contribution in [-0.2, 0) is 10.0 Å². The lowest BCUT2D eigenvalue weighted by atomic mass is 9.83. The number of ether oxygens (including phenoxy) is 1. The van der Waals surface area contributed by atoms with Gasteiger partial charge in [0.2, 0.25) is 10.0 Å². The predicted molar refractivity (Wildman–Crippen MR) is 163 cm³/mol. The Morgan fingerprint density at radius 3 is 2.54 bits per heavy atom. The summed E-state index contributed by atoms with van der Waals surface area (Å²) in [6.45, 7) is 5.10. The fourth-order valence-electron chi connectivity index (χ4n) is 6.72. The predicted octanol–water partition coefficient (Wildman–Crippen LogP) is 5.22. The van der Waals surface area contributed by atoms with Gasteiger partial charge in [0.1, 0.15) is 5.75 Å². The standard InChI is InChI=1S/C30H43N5O4S2/c1-39-28-12-9-24(23-7-3-2-4-8-23)18-26(28)27-21-40-29(31-27)32-30(36)34-16-14-33(15-17-34)19-22-6-5-13-35(20-22)41(37,38)25-10-11-25/h9,12,18,21-23,25H,2-8,10-11,13-17,19-20H2,1H3,(H,31,32,36)/t22-/m0/s1. The minimum atomic E-state index is -3.10. The number of sulfonamides is 1. The third-order valence-electron chi connectivity index (χ3n) is 9.26. The van der Waals surface area contributed by atoms with Crippen LogP contribution < -0.4 is 10.1 Å². The lowest BCUT2D eigenvalue weighted by molar-refractivity contribution is 0.119. The molecule has 1 atom stereocenters. The van der Waals surface area contributed by atoms with Gasteiger partial charge in [-0.3, -0.25) is 10.2 Å². The van der Waals surface area contributed by atoms with Crippen LogP contribution in [0, 0.1) is 5.92 Å². The van der Waals surface area contributed by atoms with Gasteiger partial charge in [-0.25, -0.2) is 22.5 Å². The van der Waals surface area contributed by atoms with Crippen LogP contribution in [-0.4, -0.2) is 91.7 Å². The smallest absolute Gasteiger partial charge is 0.323 e. The van der Waals surface area contributed by atoms with Crippen molar-refractivity contribution >= 4 is 32.5 Å². The van der Waals surface area contributed by atoms with E-state index in [1.807, 2.05) is 16.3 Å². The molecule has 41 heavy (non-hydrogen) atoms. The van der Waals surface area contributed by atoms with Crippen molar-refractivity contribution in [3.63, 3.8) is 0 Å². The number of methoxy groups -OCH3 is 1. The van der Waals surface area contributed by atoms with Gasteiger partial charge in [0.25, 0.3) is 0 Å². The number of thiazole rings is 1. The molecule has 0 bridgehead atoms. The van der Waals surface area contributed by atoms with E-state index in [-0.39, 0.29) is 11.3 Å². The van der Waals surface area contributed by atoms with Crippen molar-refractivity contribution in [1.82, 2.24) is 19.1 Å². The summed E-state index contributed by atoms with van der Waals surface area (Å²) in [6.07, 6.45) is 10.0. The maximum absolute atomic E-state index is 13.1. The lowest BCUT2D eigenvalue weighted by Crippen LogP contribution is -2.52. The monoisotopic (exact) mass is 601 g/mol. The van der Waals surface area contributed by atoms with Crippen molar-refractivity contribution in [1.29, 1.82) is 0 Å². The summed E-state index contributed by atoms with van der Waals surface area (Å²) < 4.78 is 32.8. The number of nitrogens with one attached hydrogen (secondary N) is 1. The maximum Gasteiger partial charge on any atom is 0.323 e. The number of hydrogen-bond acceptors (Lipinski definition) is 7. The third kappa shape index (κ3) is 6.73. The first kappa shape index (κ1) is 28.9. The molecule has 2 saturated carbocycles. The molecule has 2 aromatic rings. The van der Waals surface area contributed by atoms with Crippen molar-refractivity contribution in [2.75, 3.05) is 58.2 Å². The number of anilines is 1. The first-order chi connectivity index (χ1) is 19.9. The molecule has 2 aliphatic heterocycles. The average Bonchev–Trinajstić information content (AvgIpc) is 3.78. The molecule has 1 aromatic heterocycles. The van der Waals surface area contributed by atoms with Crippen LogP contribution in [0.25, 0.3) is 11.3 Å². The number of piperidine rings is 1. The van der Waals surface area contributed by atoms with Crippen molar-refractivity contribution < 1.29 is 17.9 Å². The number of hydrogen-bond donors (Lipinski definition) is 1. The van der Waals surface area contributed by atoms with Crippen LogP contribution in [0.5, 0.6) is 5.75 Å². The summed E-state index contributed by atoms with van der Waals surface area (Å²) in [5, 5.41) is 5.47. The Morgan fingerprint density at radius 2 is 1.80 bits per heavy atom. The van der Waals surface area contributed by atoms with Crippen molar-refractivity contribution in [2.45, 2.75) is 69.0 Å². The minimum Gasteiger partial charge on any atom is -0.496 e. The van der Waals surface area contributed by atoms with E-state index in [0.717, 1.165) is 62.3 Å². The molecule has 11 heteroatoms. The Morgan fingerprint density at radius 1 is 1.02 bits per heavy atom. The van der Waals surface area contributed by atoms with Crippen LogP contribution >= 0.6 is 11.3 Å². The highest BCUT2D eigenvalue weighted by Crippen LogP contribution is 2.39. The summed E-state index contributed by atoms with van der Waals surface area (Å²) in [5.74, 6) is 1.76. The zero-order valence-electron chi connectivity index (χ0n) is 24.1. The highest BCUT2D eigenvalue weighted by molar-refractivity contribution is 7.90. The molecule has 2 aliphatic carbocycles. The van der Waals surface area contributed by atoms with Gasteiger partial charge in [-0.15, -0.1) is 11.3 Å². The number of piperazine rings is 1. The number of aromatic nitrogens is 1. The van der Waals surface area contributed by atoms with Crippen LogP contribution in [0.2, 0.25) is 0 Å². The van der Waals surface area contributed by atoms with Gasteiger partial charge in [-0.1, -0.05) is 25.3 Å². The molecule has 1 aromatic carbocycles. The number of benzene rings is 1. The third-order valence-corrected chi connectivity index (χ3v) is 12.4. The SMILES string of the molecule is COc1ccc(C2CCCCC2)cc1-c1csc(NC(=O)N2CCN(C[C@@H]3CCCN(S(=O)(=O)C4CC4)C3)CC2)n1. The number of amides is 2. The van der Waals surface area contributed by atoms with Crippen LogP contribution in [0.4, 0.5) is 9.93 Å². The van der Waals surface area contributed by atoms with Gasteiger partial charge in [0.05, 0.1) is 18.1 Å². The second kappa shape index (κ2) is 12.6.